The highest BCUT2D eigenvalue weighted by Gasteiger charge is 2.21. The van der Waals surface area contributed by atoms with Crippen LogP contribution in [0.15, 0.2) is 0 Å². The van der Waals surface area contributed by atoms with Crippen molar-refractivity contribution in [2.24, 2.45) is 0 Å². The molecule has 1 aromatic rings. The number of hydrogen-bond acceptors (Lipinski definition) is 4. The zero-order chi connectivity index (χ0) is 13.1. The molecular formula is C13H20N2O2S. The summed E-state index contributed by atoms with van der Waals surface area (Å²) in [7, 11) is 0. The van der Waals surface area contributed by atoms with E-state index in [1.165, 1.54) is 19.3 Å². The number of aromatic nitrogens is 1. The van der Waals surface area contributed by atoms with Crippen LogP contribution in [-0.2, 0) is 17.8 Å². The number of aliphatic carboxylic acids is 1. The highest BCUT2D eigenvalue weighted by Crippen LogP contribution is 2.24. The van der Waals surface area contributed by atoms with E-state index >= 15 is 0 Å². The lowest BCUT2D eigenvalue weighted by atomic mass is 10.0. The second-order valence-corrected chi connectivity index (χ2v) is 6.28. The van der Waals surface area contributed by atoms with E-state index in [9.17, 15) is 4.79 Å². The standard InChI is InChI=1S/C13H20N2O2S/c1-9-5-3-4-6-15(9)8-12-11(7-13(16)17)14-10(2)18-12/h9H,3-8H2,1-2H3,(H,16,17). The molecule has 18 heavy (non-hydrogen) atoms. The first-order chi connectivity index (χ1) is 8.56. The van der Waals surface area contributed by atoms with Gasteiger partial charge < -0.3 is 5.11 Å². The summed E-state index contributed by atoms with van der Waals surface area (Å²) in [5.41, 5.74) is 0.753. The molecule has 1 saturated heterocycles. The zero-order valence-electron chi connectivity index (χ0n) is 11.0. The molecule has 0 bridgehead atoms. The molecule has 0 spiro atoms. The summed E-state index contributed by atoms with van der Waals surface area (Å²) >= 11 is 1.64. The molecule has 2 heterocycles. The number of piperidine rings is 1. The van der Waals surface area contributed by atoms with Crippen molar-refractivity contribution >= 4 is 17.3 Å². The van der Waals surface area contributed by atoms with Crippen LogP contribution in [0.4, 0.5) is 0 Å². The van der Waals surface area contributed by atoms with E-state index < -0.39 is 5.97 Å². The van der Waals surface area contributed by atoms with Crippen LogP contribution in [0.3, 0.4) is 0 Å². The Morgan fingerprint density at radius 3 is 3.00 bits per heavy atom. The van der Waals surface area contributed by atoms with Crippen molar-refractivity contribution in [2.75, 3.05) is 6.54 Å². The second kappa shape index (κ2) is 5.80. The van der Waals surface area contributed by atoms with E-state index in [0.29, 0.717) is 6.04 Å². The molecule has 1 N–H and O–H groups in total. The second-order valence-electron chi connectivity index (χ2n) is 4.99. The van der Waals surface area contributed by atoms with Gasteiger partial charge >= 0.3 is 5.97 Å². The predicted molar refractivity (Wildman–Crippen MR) is 71.9 cm³/mol. The molecule has 1 aliphatic heterocycles. The monoisotopic (exact) mass is 268 g/mol. The van der Waals surface area contributed by atoms with E-state index in [1.807, 2.05) is 6.92 Å². The lowest BCUT2D eigenvalue weighted by Gasteiger charge is -2.33. The fourth-order valence-electron chi connectivity index (χ4n) is 2.49. The normalized spacial score (nSPS) is 21.1. The van der Waals surface area contributed by atoms with Gasteiger partial charge in [0.2, 0.25) is 0 Å². The minimum absolute atomic E-state index is 0.0435. The minimum atomic E-state index is -0.798. The van der Waals surface area contributed by atoms with Crippen LogP contribution in [0.25, 0.3) is 0 Å². The molecule has 100 valence electrons. The lowest BCUT2D eigenvalue weighted by Crippen LogP contribution is -2.36. The van der Waals surface area contributed by atoms with Crippen LogP contribution in [0, 0.1) is 6.92 Å². The first-order valence-corrected chi connectivity index (χ1v) is 7.29. The Morgan fingerprint density at radius 2 is 2.33 bits per heavy atom. The number of hydrogen-bond donors (Lipinski definition) is 1. The summed E-state index contributed by atoms with van der Waals surface area (Å²) in [4.78, 5) is 18.8. The van der Waals surface area contributed by atoms with Gasteiger partial charge in [-0.2, -0.15) is 0 Å². The number of rotatable bonds is 4. The van der Waals surface area contributed by atoms with E-state index in [2.05, 4.69) is 16.8 Å². The summed E-state index contributed by atoms with van der Waals surface area (Å²) in [5.74, 6) is -0.798. The van der Waals surface area contributed by atoms with Gasteiger partial charge in [-0.1, -0.05) is 6.42 Å². The van der Waals surface area contributed by atoms with Crippen molar-refractivity contribution in [1.82, 2.24) is 9.88 Å². The number of carbonyl (C=O) groups is 1. The molecule has 1 aromatic heterocycles. The molecule has 1 atom stereocenters. The van der Waals surface area contributed by atoms with Gasteiger partial charge in [-0.25, -0.2) is 4.98 Å². The van der Waals surface area contributed by atoms with Crippen LogP contribution in [0.2, 0.25) is 0 Å². The van der Waals surface area contributed by atoms with Gasteiger partial charge in [0, 0.05) is 17.5 Å². The largest absolute Gasteiger partial charge is 0.481 e. The van der Waals surface area contributed by atoms with E-state index in [1.54, 1.807) is 11.3 Å². The number of likely N-dealkylation sites (tertiary alicyclic amines) is 1. The maximum atomic E-state index is 10.8. The maximum Gasteiger partial charge on any atom is 0.309 e. The number of nitrogens with zero attached hydrogens (tertiary/aromatic N) is 2. The summed E-state index contributed by atoms with van der Waals surface area (Å²) in [5, 5.41) is 9.87. The number of thiazole rings is 1. The topological polar surface area (TPSA) is 53.4 Å². The van der Waals surface area contributed by atoms with Gasteiger partial charge in [0.15, 0.2) is 0 Å². The van der Waals surface area contributed by atoms with Crippen LogP contribution < -0.4 is 0 Å². The fraction of sp³-hybridized carbons (Fsp3) is 0.692. The van der Waals surface area contributed by atoms with Crippen LogP contribution in [0.5, 0.6) is 0 Å². The highest BCUT2D eigenvalue weighted by molar-refractivity contribution is 7.11. The van der Waals surface area contributed by atoms with Crippen molar-refractivity contribution in [3.63, 3.8) is 0 Å². The van der Waals surface area contributed by atoms with Crippen LogP contribution >= 0.6 is 11.3 Å². The maximum absolute atomic E-state index is 10.8. The molecule has 1 fully saturated rings. The number of aryl methyl sites for hydroxylation is 1. The molecule has 1 unspecified atom stereocenters. The van der Waals surface area contributed by atoms with Crippen LogP contribution in [-0.4, -0.2) is 33.5 Å². The van der Waals surface area contributed by atoms with Gasteiger partial charge in [-0.05, 0) is 33.2 Å². The molecule has 2 rings (SSSR count). The molecule has 0 amide bonds. The Bertz CT molecular complexity index is 431. The molecule has 0 radical (unpaired) electrons. The smallest absolute Gasteiger partial charge is 0.309 e. The fourth-order valence-corrected chi connectivity index (χ4v) is 3.47. The summed E-state index contributed by atoms with van der Waals surface area (Å²) < 4.78 is 0. The highest BCUT2D eigenvalue weighted by atomic mass is 32.1. The van der Waals surface area contributed by atoms with Crippen molar-refractivity contribution in [3.8, 4) is 0 Å². The zero-order valence-corrected chi connectivity index (χ0v) is 11.8. The first-order valence-electron chi connectivity index (χ1n) is 6.47. The average Bonchev–Trinajstić information content (AvgIpc) is 2.61. The molecule has 1 aliphatic rings. The summed E-state index contributed by atoms with van der Waals surface area (Å²) in [6.45, 7) is 6.17. The third-order valence-electron chi connectivity index (χ3n) is 3.49. The molecule has 0 aliphatic carbocycles. The SMILES string of the molecule is Cc1nc(CC(=O)O)c(CN2CCCCC2C)s1. The number of carboxylic acids is 1. The molecule has 0 aromatic carbocycles. The quantitative estimate of drug-likeness (QED) is 0.911. The van der Waals surface area contributed by atoms with Gasteiger partial charge in [-0.15, -0.1) is 11.3 Å². The van der Waals surface area contributed by atoms with E-state index in [0.717, 1.165) is 28.7 Å². The van der Waals surface area contributed by atoms with Crippen molar-refractivity contribution in [2.45, 2.75) is 52.1 Å². The molecule has 4 nitrogen and oxygen atoms in total. The summed E-state index contributed by atoms with van der Waals surface area (Å²) in [6.07, 6.45) is 3.84. The Balaban J connectivity index is 2.09. The Morgan fingerprint density at radius 1 is 1.56 bits per heavy atom. The Hall–Kier alpha value is -0.940. The molecular weight excluding hydrogens is 248 g/mol. The Kier molecular flexibility index (Phi) is 4.35. The molecule has 5 heteroatoms. The van der Waals surface area contributed by atoms with Gasteiger partial charge in [-0.3, -0.25) is 9.69 Å². The average molecular weight is 268 g/mol. The minimum Gasteiger partial charge on any atom is -0.481 e. The van der Waals surface area contributed by atoms with Gasteiger partial charge in [0.1, 0.15) is 0 Å². The lowest BCUT2D eigenvalue weighted by molar-refractivity contribution is -0.136. The van der Waals surface area contributed by atoms with Crippen molar-refractivity contribution in [3.05, 3.63) is 15.6 Å². The van der Waals surface area contributed by atoms with E-state index in [-0.39, 0.29) is 6.42 Å². The third-order valence-corrected chi connectivity index (χ3v) is 4.49. The van der Waals surface area contributed by atoms with Crippen LogP contribution in [0.1, 0.15) is 41.8 Å². The third kappa shape index (κ3) is 3.29. The summed E-state index contributed by atoms with van der Waals surface area (Å²) in [6, 6.07) is 0.596. The number of carboxylic acid groups (broad SMARTS) is 1. The predicted octanol–water partition coefficient (Wildman–Crippen LogP) is 2.45. The van der Waals surface area contributed by atoms with Crippen molar-refractivity contribution in [1.29, 1.82) is 0 Å². The molecule has 0 saturated carbocycles. The Labute approximate surface area is 112 Å². The van der Waals surface area contributed by atoms with Gasteiger partial charge in [0.25, 0.3) is 0 Å². The van der Waals surface area contributed by atoms with Gasteiger partial charge in [0.05, 0.1) is 17.1 Å². The van der Waals surface area contributed by atoms with Crippen molar-refractivity contribution < 1.29 is 9.90 Å². The van der Waals surface area contributed by atoms with E-state index in [4.69, 9.17) is 5.11 Å². The first kappa shape index (κ1) is 13.5.